The van der Waals surface area contributed by atoms with E-state index in [1.165, 1.54) is 10.6 Å². The topological polar surface area (TPSA) is 57.5 Å². The summed E-state index contributed by atoms with van der Waals surface area (Å²) in [6, 6.07) is 3.02. The van der Waals surface area contributed by atoms with Crippen LogP contribution in [-0.4, -0.2) is 30.4 Å². The molecule has 0 unspecified atom stereocenters. The quantitative estimate of drug-likeness (QED) is 0.566. The van der Waals surface area contributed by atoms with Crippen LogP contribution in [0.25, 0.3) is 0 Å². The summed E-state index contributed by atoms with van der Waals surface area (Å²) in [6.45, 7) is 3.16. The molecule has 0 saturated heterocycles. The van der Waals surface area contributed by atoms with Gasteiger partial charge in [0.1, 0.15) is 13.2 Å². The minimum Gasteiger partial charge on any atom is -0.462 e. The van der Waals surface area contributed by atoms with E-state index in [-0.39, 0.29) is 18.7 Å². The van der Waals surface area contributed by atoms with Crippen molar-refractivity contribution in [2.24, 2.45) is 0 Å². The van der Waals surface area contributed by atoms with E-state index in [0.29, 0.717) is 13.2 Å². The average Bonchev–Trinajstić information content (AvgIpc) is 2.33. The van der Waals surface area contributed by atoms with Gasteiger partial charge in [0.15, 0.2) is 0 Å². The van der Waals surface area contributed by atoms with Crippen LogP contribution in [0.1, 0.15) is 13.3 Å². The lowest BCUT2D eigenvalue weighted by Gasteiger charge is -2.07. The second kappa shape index (κ2) is 8.05. The molecule has 1 heterocycles. The van der Waals surface area contributed by atoms with Crippen molar-refractivity contribution in [2.75, 3.05) is 19.8 Å². The Labute approximate surface area is 114 Å². The van der Waals surface area contributed by atoms with Crippen molar-refractivity contribution in [2.45, 2.75) is 19.9 Å². The van der Waals surface area contributed by atoms with Crippen LogP contribution in [-0.2, 0) is 20.8 Å². The van der Waals surface area contributed by atoms with Crippen LogP contribution in [0.4, 0.5) is 0 Å². The first-order valence-electron chi connectivity index (χ1n) is 5.73. The fourth-order valence-corrected chi connectivity index (χ4v) is 1.65. The highest BCUT2D eigenvalue weighted by Crippen LogP contribution is 2.04. The van der Waals surface area contributed by atoms with Crippen molar-refractivity contribution in [3.05, 3.63) is 33.2 Å². The molecular weight excluding hydrogens is 302 g/mol. The molecule has 0 aromatic carbocycles. The molecule has 0 spiro atoms. The Hall–Kier alpha value is -1.14. The summed E-state index contributed by atoms with van der Waals surface area (Å²) in [4.78, 5) is 22.9. The zero-order valence-corrected chi connectivity index (χ0v) is 11.8. The number of carbonyl (C=O) groups is 1. The zero-order chi connectivity index (χ0) is 13.4. The fraction of sp³-hybridized carbons (Fsp3) is 0.500. The highest BCUT2D eigenvalue weighted by Gasteiger charge is 2.05. The Bertz CT molecular complexity index is 444. The van der Waals surface area contributed by atoms with Gasteiger partial charge in [-0.15, -0.1) is 0 Å². The Balaban J connectivity index is 2.35. The minimum atomic E-state index is -0.449. The van der Waals surface area contributed by atoms with Crippen molar-refractivity contribution in [3.8, 4) is 0 Å². The van der Waals surface area contributed by atoms with E-state index in [4.69, 9.17) is 9.47 Å². The summed E-state index contributed by atoms with van der Waals surface area (Å²) in [7, 11) is 0. The lowest BCUT2D eigenvalue weighted by Crippen LogP contribution is -2.25. The van der Waals surface area contributed by atoms with Gasteiger partial charge in [0.2, 0.25) is 0 Å². The third-order valence-corrected chi connectivity index (χ3v) is 2.56. The van der Waals surface area contributed by atoms with Crippen molar-refractivity contribution >= 4 is 21.9 Å². The monoisotopic (exact) mass is 317 g/mol. The maximum atomic E-state index is 11.5. The number of pyridine rings is 1. The molecule has 0 amide bonds. The lowest BCUT2D eigenvalue weighted by atomic mass is 10.4. The van der Waals surface area contributed by atoms with Crippen LogP contribution in [0.15, 0.2) is 27.6 Å². The van der Waals surface area contributed by atoms with E-state index in [0.717, 1.165) is 10.9 Å². The van der Waals surface area contributed by atoms with Gasteiger partial charge in [-0.1, -0.05) is 6.92 Å². The average molecular weight is 318 g/mol. The Kier molecular flexibility index (Phi) is 6.67. The third kappa shape index (κ3) is 5.46. The first-order valence-corrected chi connectivity index (χ1v) is 6.52. The van der Waals surface area contributed by atoms with Crippen molar-refractivity contribution < 1.29 is 14.3 Å². The van der Waals surface area contributed by atoms with Crippen molar-refractivity contribution in [1.29, 1.82) is 0 Å². The number of hydrogen-bond donors (Lipinski definition) is 0. The highest BCUT2D eigenvalue weighted by molar-refractivity contribution is 9.10. The summed E-state index contributed by atoms with van der Waals surface area (Å²) < 4.78 is 12.1. The zero-order valence-electron chi connectivity index (χ0n) is 10.2. The molecule has 0 aliphatic rings. The number of esters is 1. The molecule has 1 aromatic heterocycles. The number of halogens is 1. The van der Waals surface area contributed by atoms with Gasteiger partial charge in [-0.25, -0.2) is 0 Å². The predicted molar refractivity (Wildman–Crippen MR) is 70.5 cm³/mol. The predicted octanol–water partition coefficient (Wildman–Crippen LogP) is 1.58. The van der Waals surface area contributed by atoms with Gasteiger partial charge < -0.3 is 14.0 Å². The van der Waals surface area contributed by atoms with E-state index in [2.05, 4.69) is 15.9 Å². The number of rotatable bonds is 7. The van der Waals surface area contributed by atoms with Crippen LogP contribution < -0.4 is 5.56 Å². The first-order chi connectivity index (χ1) is 8.63. The summed E-state index contributed by atoms with van der Waals surface area (Å²) in [5.41, 5.74) is -0.239. The molecule has 0 aliphatic carbocycles. The van der Waals surface area contributed by atoms with Crippen molar-refractivity contribution in [1.82, 2.24) is 4.57 Å². The minimum absolute atomic E-state index is 0.0912. The van der Waals surface area contributed by atoms with Crippen LogP contribution >= 0.6 is 15.9 Å². The molecule has 0 fully saturated rings. The first kappa shape index (κ1) is 14.9. The van der Waals surface area contributed by atoms with E-state index >= 15 is 0 Å². The molecule has 0 aliphatic heterocycles. The Morgan fingerprint density at radius 3 is 2.83 bits per heavy atom. The van der Waals surface area contributed by atoms with E-state index in [1.54, 1.807) is 12.3 Å². The highest BCUT2D eigenvalue weighted by atomic mass is 79.9. The lowest BCUT2D eigenvalue weighted by molar-refractivity contribution is -0.146. The molecule has 18 heavy (non-hydrogen) atoms. The van der Waals surface area contributed by atoms with Gasteiger partial charge in [-0.05, 0) is 28.4 Å². The summed E-state index contributed by atoms with van der Waals surface area (Å²) in [5, 5.41) is 0. The molecular formula is C12H16BrNO4. The van der Waals surface area contributed by atoms with Crippen LogP contribution in [0, 0.1) is 0 Å². The summed E-state index contributed by atoms with van der Waals surface area (Å²) >= 11 is 3.24. The van der Waals surface area contributed by atoms with Gasteiger partial charge >= 0.3 is 5.97 Å². The molecule has 5 nitrogen and oxygen atoms in total. The Morgan fingerprint density at radius 2 is 2.11 bits per heavy atom. The fourth-order valence-electron chi connectivity index (χ4n) is 1.27. The molecule has 6 heteroatoms. The number of hydrogen-bond acceptors (Lipinski definition) is 4. The summed E-state index contributed by atoms with van der Waals surface area (Å²) in [5.74, 6) is -0.449. The van der Waals surface area contributed by atoms with Crippen molar-refractivity contribution in [3.63, 3.8) is 0 Å². The van der Waals surface area contributed by atoms with Crippen LogP contribution in [0.2, 0.25) is 0 Å². The summed E-state index contributed by atoms with van der Waals surface area (Å²) in [6.07, 6.45) is 2.48. The molecule has 1 aromatic rings. The van der Waals surface area contributed by atoms with Crippen LogP contribution in [0.3, 0.4) is 0 Å². The molecule has 0 atom stereocenters. The number of aromatic nitrogens is 1. The molecule has 100 valence electrons. The second-order valence-corrected chi connectivity index (χ2v) is 4.56. The normalized spacial score (nSPS) is 10.3. The molecule has 0 N–H and O–H groups in total. The number of nitrogens with zero attached hydrogens (tertiary/aromatic N) is 1. The number of ether oxygens (including phenoxy) is 2. The van der Waals surface area contributed by atoms with Gasteiger partial charge in [0.05, 0.1) is 6.61 Å². The standard InChI is InChI=1S/C12H16BrNO4/c1-2-5-17-6-7-18-12(16)9-14-8-10(13)3-4-11(14)15/h3-4,8H,2,5-7,9H2,1H3. The third-order valence-electron chi connectivity index (χ3n) is 2.09. The molecule has 0 saturated carbocycles. The van der Waals surface area contributed by atoms with Gasteiger partial charge in [0, 0.05) is 23.3 Å². The Morgan fingerprint density at radius 1 is 1.33 bits per heavy atom. The second-order valence-electron chi connectivity index (χ2n) is 3.65. The van der Waals surface area contributed by atoms with Gasteiger partial charge in [0.25, 0.3) is 5.56 Å². The van der Waals surface area contributed by atoms with Crippen LogP contribution in [0.5, 0.6) is 0 Å². The number of carbonyl (C=O) groups excluding carboxylic acids is 1. The maximum absolute atomic E-state index is 11.5. The molecule has 0 radical (unpaired) electrons. The van der Waals surface area contributed by atoms with E-state index in [1.807, 2.05) is 6.92 Å². The molecule has 0 bridgehead atoms. The molecule has 1 rings (SSSR count). The van der Waals surface area contributed by atoms with Gasteiger partial charge in [-0.3, -0.25) is 9.59 Å². The largest absolute Gasteiger partial charge is 0.462 e. The van der Waals surface area contributed by atoms with E-state index in [9.17, 15) is 9.59 Å². The van der Waals surface area contributed by atoms with E-state index < -0.39 is 5.97 Å². The van der Waals surface area contributed by atoms with Gasteiger partial charge in [-0.2, -0.15) is 0 Å². The smallest absolute Gasteiger partial charge is 0.326 e. The maximum Gasteiger partial charge on any atom is 0.326 e. The SMILES string of the molecule is CCCOCCOC(=O)Cn1cc(Br)ccc1=O.